The highest BCUT2D eigenvalue weighted by Gasteiger charge is 2.45. The number of benzene rings is 1. The van der Waals surface area contributed by atoms with Crippen LogP contribution in [-0.2, 0) is 17.8 Å². The highest BCUT2D eigenvalue weighted by Crippen LogP contribution is 2.31. The molecule has 1 aromatic carbocycles. The highest BCUT2D eigenvalue weighted by atomic mass is 16.4. The van der Waals surface area contributed by atoms with Crippen molar-refractivity contribution in [2.75, 3.05) is 0 Å². The Labute approximate surface area is 98.3 Å². The van der Waals surface area contributed by atoms with Crippen LogP contribution in [0.2, 0.25) is 0 Å². The maximum absolute atomic E-state index is 11.3. The zero-order valence-electron chi connectivity index (χ0n) is 9.38. The van der Waals surface area contributed by atoms with E-state index in [0.717, 1.165) is 16.0 Å². The minimum atomic E-state index is -1.39. The average molecular weight is 235 g/mol. The van der Waals surface area contributed by atoms with Crippen LogP contribution in [-0.4, -0.2) is 32.7 Å². The molecule has 1 aliphatic heterocycles. The molecule has 5 nitrogen and oxygen atoms in total. The number of fused-ring (bicyclic) bond motifs is 1. The largest absolute Gasteiger partial charge is 0.479 e. The van der Waals surface area contributed by atoms with E-state index in [9.17, 15) is 14.7 Å². The number of rotatable bonds is 1. The van der Waals surface area contributed by atoms with Crippen molar-refractivity contribution in [3.63, 3.8) is 0 Å². The maximum atomic E-state index is 11.3. The van der Waals surface area contributed by atoms with Crippen LogP contribution in [0, 0.1) is 0 Å². The Balaban J connectivity index is 2.48. The fourth-order valence-electron chi connectivity index (χ4n) is 2.17. The van der Waals surface area contributed by atoms with Gasteiger partial charge in [-0.1, -0.05) is 24.3 Å². The third-order valence-corrected chi connectivity index (χ3v) is 3.27. The molecule has 17 heavy (non-hydrogen) atoms. The number of carboxylic acids is 1. The molecule has 0 fully saturated rings. The summed E-state index contributed by atoms with van der Waals surface area (Å²) in [5, 5.41) is 18.3. The van der Waals surface area contributed by atoms with E-state index >= 15 is 0 Å². The van der Waals surface area contributed by atoms with Crippen molar-refractivity contribution in [3.8, 4) is 0 Å². The Morgan fingerprint density at radius 3 is 2.35 bits per heavy atom. The SMILES string of the molecule is C[C@@]1(C(=O)O)Cc2ccccc2CN1C(=O)O. The number of carboxylic acid groups (broad SMARTS) is 2. The minimum Gasteiger partial charge on any atom is -0.479 e. The van der Waals surface area contributed by atoms with E-state index in [2.05, 4.69) is 0 Å². The van der Waals surface area contributed by atoms with E-state index in [1.807, 2.05) is 24.3 Å². The van der Waals surface area contributed by atoms with Crippen LogP contribution in [0.25, 0.3) is 0 Å². The highest BCUT2D eigenvalue weighted by molar-refractivity contribution is 5.84. The van der Waals surface area contributed by atoms with Crippen molar-refractivity contribution in [2.24, 2.45) is 0 Å². The Kier molecular flexibility index (Phi) is 2.53. The normalized spacial score (nSPS) is 23.0. The zero-order chi connectivity index (χ0) is 12.6. The number of aliphatic carboxylic acids is 1. The first-order chi connectivity index (χ1) is 7.95. The van der Waals surface area contributed by atoms with E-state index < -0.39 is 17.6 Å². The Hall–Kier alpha value is -2.04. The predicted molar refractivity (Wildman–Crippen MR) is 59.8 cm³/mol. The summed E-state index contributed by atoms with van der Waals surface area (Å²) >= 11 is 0. The van der Waals surface area contributed by atoms with Gasteiger partial charge in [-0.2, -0.15) is 0 Å². The summed E-state index contributed by atoms with van der Waals surface area (Å²) in [5.41, 5.74) is 0.378. The number of nitrogens with zero attached hydrogens (tertiary/aromatic N) is 1. The minimum absolute atomic E-state index is 0.119. The van der Waals surface area contributed by atoms with Gasteiger partial charge in [0, 0.05) is 6.42 Å². The molecule has 1 amide bonds. The Morgan fingerprint density at radius 2 is 1.82 bits per heavy atom. The topological polar surface area (TPSA) is 77.8 Å². The van der Waals surface area contributed by atoms with Gasteiger partial charge in [-0.05, 0) is 18.1 Å². The van der Waals surface area contributed by atoms with E-state index in [1.165, 1.54) is 6.92 Å². The summed E-state index contributed by atoms with van der Waals surface area (Å²) < 4.78 is 0. The van der Waals surface area contributed by atoms with Crippen molar-refractivity contribution in [1.29, 1.82) is 0 Å². The lowest BCUT2D eigenvalue weighted by Gasteiger charge is -2.40. The molecule has 0 aliphatic carbocycles. The summed E-state index contributed by atoms with van der Waals surface area (Å²) in [6.07, 6.45) is -1.01. The molecule has 0 unspecified atom stereocenters. The van der Waals surface area contributed by atoms with Gasteiger partial charge in [-0.25, -0.2) is 9.59 Å². The molecule has 0 aromatic heterocycles. The Bertz CT molecular complexity index is 485. The molecule has 2 N–H and O–H groups in total. The molecule has 0 spiro atoms. The second-order valence-electron chi connectivity index (χ2n) is 4.39. The van der Waals surface area contributed by atoms with Gasteiger partial charge < -0.3 is 10.2 Å². The second-order valence-corrected chi connectivity index (χ2v) is 4.39. The molecule has 1 atom stereocenters. The number of hydrogen-bond acceptors (Lipinski definition) is 2. The summed E-state index contributed by atoms with van der Waals surface area (Å²) in [7, 11) is 0. The fraction of sp³-hybridized carbons (Fsp3) is 0.333. The molecule has 0 saturated carbocycles. The first kappa shape index (κ1) is 11.4. The first-order valence-electron chi connectivity index (χ1n) is 5.26. The van der Waals surface area contributed by atoms with Gasteiger partial charge >= 0.3 is 12.1 Å². The molecule has 2 rings (SSSR count). The van der Waals surface area contributed by atoms with Crippen molar-refractivity contribution in [2.45, 2.75) is 25.4 Å². The smallest absolute Gasteiger partial charge is 0.408 e. The molecule has 0 radical (unpaired) electrons. The van der Waals surface area contributed by atoms with Crippen LogP contribution in [0.5, 0.6) is 0 Å². The van der Waals surface area contributed by atoms with Gasteiger partial charge in [0.2, 0.25) is 0 Å². The predicted octanol–water partition coefficient (Wildman–Crippen LogP) is 1.57. The third-order valence-electron chi connectivity index (χ3n) is 3.27. The number of hydrogen-bond donors (Lipinski definition) is 2. The van der Waals surface area contributed by atoms with Crippen LogP contribution >= 0.6 is 0 Å². The molecule has 90 valence electrons. The van der Waals surface area contributed by atoms with Gasteiger partial charge in [0.1, 0.15) is 5.54 Å². The monoisotopic (exact) mass is 235 g/mol. The second kappa shape index (κ2) is 3.76. The van der Waals surface area contributed by atoms with Gasteiger partial charge in [0.15, 0.2) is 0 Å². The van der Waals surface area contributed by atoms with Gasteiger partial charge in [0.05, 0.1) is 6.54 Å². The van der Waals surface area contributed by atoms with E-state index in [-0.39, 0.29) is 13.0 Å². The van der Waals surface area contributed by atoms with Gasteiger partial charge in [-0.3, -0.25) is 4.90 Å². The molecular formula is C12H13NO4. The molecular weight excluding hydrogens is 222 g/mol. The van der Waals surface area contributed by atoms with Crippen molar-refractivity contribution >= 4 is 12.1 Å². The summed E-state index contributed by atoms with van der Waals surface area (Å²) in [6, 6.07) is 7.32. The Morgan fingerprint density at radius 1 is 1.24 bits per heavy atom. The van der Waals surface area contributed by atoms with E-state index in [1.54, 1.807) is 0 Å². The van der Waals surface area contributed by atoms with Crippen LogP contribution < -0.4 is 0 Å². The standard InChI is InChI=1S/C12H13NO4/c1-12(10(14)15)6-8-4-2-3-5-9(8)7-13(12)11(16)17/h2-5H,6-7H2,1H3,(H,14,15)(H,16,17)/t12-/m0/s1. The molecule has 5 heteroatoms. The average Bonchev–Trinajstić information content (AvgIpc) is 2.27. The molecule has 0 bridgehead atoms. The van der Waals surface area contributed by atoms with Crippen LogP contribution in [0.1, 0.15) is 18.1 Å². The van der Waals surface area contributed by atoms with Crippen LogP contribution in [0.4, 0.5) is 4.79 Å². The summed E-state index contributed by atoms with van der Waals surface area (Å²) in [4.78, 5) is 23.4. The lowest BCUT2D eigenvalue weighted by atomic mass is 9.84. The van der Waals surface area contributed by atoms with Crippen molar-refractivity contribution in [1.82, 2.24) is 4.90 Å². The molecule has 1 heterocycles. The first-order valence-corrected chi connectivity index (χ1v) is 5.26. The quantitative estimate of drug-likeness (QED) is 0.774. The summed E-state index contributed by atoms with van der Waals surface area (Å²) in [6.45, 7) is 1.56. The van der Waals surface area contributed by atoms with Crippen molar-refractivity contribution in [3.05, 3.63) is 35.4 Å². The zero-order valence-corrected chi connectivity index (χ0v) is 9.38. The van der Waals surface area contributed by atoms with Crippen LogP contribution in [0.3, 0.4) is 0 Å². The number of carbonyl (C=O) groups is 2. The molecule has 1 aliphatic rings. The third kappa shape index (κ3) is 1.73. The maximum Gasteiger partial charge on any atom is 0.408 e. The molecule has 0 saturated heterocycles. The van der Waals surface area contributed by atoms with Gasteiger partial charge in [-0.15, -0.1) is 0 Å². The van der Waals surface area contributed by atoms with Gasteiger partial charge in [0.25, 0.3) is 0 Å². The molecule has 1 aromatic rings. The summed E-state index contributed by atoms with van der Waals surface area (Å²) in [5.74, 6) is -1.12. The fourth-order valence-corrected chi connectivity index (χ4v) is 2.17. The van der Waals surface area contributed by atoms with Crippen LogP contribution in [0.15, 0.2) is 24.3 Å². The van der Waals surface area contributed by atoms with E-state index in [4.69, 9.17) is 5.11 Å². The van der Waals surface area contributed by atoms with Crippen molar-refractivity contribution < 1.29 is 19.8 Å². The lowest BCUT2D eigenvalue weighted by molar-refractivity contribution is -0.150. The lowest BCUT2D eigenvalue weighted by Crippen LogP contribution is -2.57. The number of amides is 1. The van der Waals surface area contributed by atoms with E-state index in [0.29, 0.717) is 0 Å².